The summed E-state index contributed by atoms with van der Waals surface area (Å²) in [5.41, 5.74) is 1.45. The number of halogens is 3. The van der Waals surface area contributed by atoms with Gasteiger partial charge in [-0.2, -0.15) is 5.26 Å². The van der Waals surface area contributed by atoms with Crippen molar-refractivity contribution in [3.63, 3.8) is 0 Å². The largest absolute Gasteiger partial charge is 0.352 e. The van der Waals surface area contributed by atoms with E-state index in [0.29, 0.717) is 55.7 Å². The number of likely N-dealkylation sites (tertiary alicyclic amines) is 1. The van der Waals surface area contributed by atoms with E-state index in [0.717, 1.165) is 24.2 Å². The van der Waals surface area contributed by atoms with Crippen LogP contribution in [0.5, 0.6) is 0 Å². The van der Waals surface area contributed by atoms with Gasteiger partial charge in [-0.25, -0.2) is 13.2 Å². The molecule has 2 aliphatic rings. The van der Waals surface area contributed by atoms with Crippen LogP contribution in [-0.2, 0) is 15.0 Å². The summed E-state index contributed by atoms with van der Waals surface area (Å²) in [6, 6.07) is 12.0. The van der Waals surface area contributed by atoms with Crippen molar-refractivity contribution in [2.24, 2.45) is 0 Å². The van der Waals surface area contributed by atoms with Gasteiger partial charge in [-0.3, -0.25) is 9.59 Å². The summed E-state index contributed by atoms with van der Waals surface area (Å²) in [5.74, 6) is -3.53. The smallest absolute Gasteiger partial charge is 0.249 e. The van der Waals surface area contributed by atoms with Crippen molar-refractivity contribution in [2.45, 2.75) is 43.9 Å². The predicted octanol–water partition coefficient (Wildman–Crippen LogP) is 4.39. The van der Waals surface area contributed by atoms with Crippen LogP contribution in [0.15, 0.2) is 53.7 Å². The normalized spacial score (nSPS) is 19.8. The maximum absolute atomic E-state index is 13.9. The van der Waals surface area contributed by atoms with E-state index in [1.807, 2.05) is 0 Å². The lowest BCUT2D eigenvalue weighted by atomic mass is 9.74. The van der Waals surface area contributed by atoms with Crippen LogP contribution in [-0.4, -0.2) is 54.8 Å². The number of rotatable bonds is 7. The van der Waals surface area contributed by atoms with Gasteiger partial charge in [-0.1, -0.05) is 18.2 Å². The van der Waals surface area contributed by atoms with E-state index in [-0.39, 0.29) is 24.1 Å². The third-order valence-corrected chi connectivity index (χ3v) is 7.84. The van der Waals surface area contributed by atoms with E-state index in [9.17, 15) is 28.0 Å². The SMILES string of the molecule is CC1=C(C(=O)NCCCN2CCC(C#N)(c3ccc(F)cc3)CC2)C(c2ccc(F)c(F)c2)CC(=O)N1C. The Bertz CT molecular complexity index is 1280. The van der Waals surface area contributed by atoms with Gasteiger partial charge in [0.15, 0.2) is 11.6 Å². The minimum atomic E-state index is -1.02. The molecule has 2 aromatic carbocycles. The first-order chi connectivity index (χ1) is 18.1. The van der Waals surface area contributed by atoms with Gasteiger partial charge in [0.1, 0.15) is 5.82 Å². The average Bonchev–Trinajstić information content (AvgIpc) is 2.92. The molecule has 1 N–H and O–H groups in total. The molecule has 2 amide bonds. The molecule has 9 heteroatoms. The Morgan fingerprint density at radius 1 is 1.11 bits per heavy atom. The van der Waals surface area contributed by atoms with Gasteiger partial charge in [0.25, 0.3) is 0 Å². The number of nitrogens with one attached hydrogen (secondary N) is 1. The molecule has 1 atom stereocenters. The van der Waals surface area contributed by atoms with Crippen LogP contribution in [0.3, 0.4) is 0 Å². The van der Waals surface area contributed by atoms with Crippen LogP contribution >= 0.6 is 0 Å². The van der Waals surface area contributed by atoms with Crippen molar-refractivity contribution in [1.82, 2.24) is 15.1 Å². The molecular formula is C29H31F3N4O2. The third-order valence-electron chi connectivity index (χ3n) is 7.84. The van der Waals surface area contributed by atoms with E-state index in [1.54, 1.807) is 26.1 Å². The highest BCUT2D eigenvalue weighted by molar-refractivity contribution is 5.99. The number of amides is 2. The summed E-state index contributed by atoms with van der Waals surface area (Å²) >= 11 is 0. The molecule has 200 valence electrons. The molecule has 4 rings (SSSR count). The zero-order valence-electron chi connectivity index (χ0n) is 21.6. The van der Waals surface area contributed by atoms with Gasteiger partial charge in [-0.15, -0.1) is 0 Å². The molecule has 0 radical (unpaired) electrons. The molecular weight excluding hydrogens is 493 g/mol. The Labute approximate surface area is 220 Å². The highest BCUT2D eigenvalue weighted by Crippen LogP contribution is 2.37. The van der Waals surface area contributed by atoms with Crippen LogP contribution < -0.4 is 5.32 Å². The molecule has 0 bridgehead atoms. The lowest BCUT2D eigenvalue weighted by Gasteiger charge is -2.37. The molecule has 1 saturated heterocycles. The molecule has 38 heavy (non-hydrogen) atoms. The number of piperidine rings is 1. The minimum Gasteiger partial charge on any atom is -0.352 e. The summed E-state index contributed by atoms with van der Waals surface area (Å²) in [7, 11) is 1.59. The fourth-order valence-corrected chi connectivity index (χ4v) is 5.36. The summed E-state index contributed by atoms with van der Waals surface area (Å²) in [6.07, 6.45) is 1.95. The summed E-state index contributed by atoms with van der Waals surface area (Å²) in [6.45, 7) is 4.24. The van der Waals surface area contributed by atoms with Crippen LogP contribution in [0.2, 0.25) is 0 Å². The maximum atomic E-state index is 13.9. The molecule has 0 aliphatic carbocycles. The first-order valence-electron chi connectivity index (χ1n) is 12.8. The Hall–Kier alpha value is -3.64. The predicted molar refractivity (Wildman–Crippen MR) is 136 cm³/mol. The number of benzene rings is 2. The number of allylic oxidation sites excluding steroid dienone is 1. The fourth-order valence-electron chi connectivity index (χ4n) is 5.36. The van der Waals surface area contributed by atoms with Crippen molar-refractivity contribution in [3.8, 4) is 6.07 Å². The molecule has 2 aromatic rings. The molecule has 0 saturated carbocycles. The molecule has 2 heterocycles. The number of hydrogen-bond acceptors (Lipinski definition) is 4. The summed E-state index contributed by atoms with van der Waals surface area (Å²) in [5, 5.41) is 12.8. The topological polar surface area (TPSA) is 76.4 Å². The number of nitrogens with zero attached hydrogens (tertiary/aromatic N) is 3. The van der Waals surface area contributed by atoms with Gasteiger partial charge in [0, 0.05) is 37.2 Å². The van der Waals surface area contributed by atoms with Crippen molar-refractivity contribution < 1.29 is 22.8 Å². The summed E-state index contributed by atoms with van der Waals surface area (Å²) in [4.78, 5) is 29.3. The molecule has 6 nitrogen and oxygen atoms in total. The molecule has 1 fully saturated rings. The van der Waals surface area contributed by atoms with Gasteiger partial charge >= 0.3 is 0 Å². The number of hydrogen-bond donors (Lipinski definition) is 1. The van der Waals surface area contributed by atoms with E-state index < -0.39 is 23.0 Å². The number of carbonyl (C=O) groups excluding carboxylic acids is 2. The zero-order valence-corrected chi connectivity index (χ0v) is 21.6. The quantitative estimate of drug-likeness (QED) is 0.546. The van der Waals surface area contributed by atoms with Crippen LogP contribution in [0.4, 0.5) is 13.2 Å². The molecule has 0 spiro atoms. The average molecular weight is 525 g/mol. The Kier molecular flexibility index (Phi) is 8.22. The number of carbonyl (C=O) groups is 2. The van der Waals surface area contributed by atoms with Gasteiger partial charge in [0.2, 0.25) is 11.8 Å². The second-order valence-corrected chi connectivity index (χ2v) is 10.0. The van der Waals surface area contributed by atoms with Gasteiger partial charge < -0.3 is 15.1 Å². The highest BCUT2D eigenvalue weighted by atomic mass is 19.2. The van der Waals surface area contributed by atoms with Gasteiger partial charge in [-0.05, 0) is 81.2 Å². The first-order valence-corrected chi connectivity index (χ1v) is 12.8. The second kappa shape index (κ2) is 11.4. The second-order valence-electron chi connectivity index (χ2n) is 10.0. The monoisotopic (exact) mass is 524 g/mol. The first kappa shape index (κ1) is 27.4. The highest BCUT2D eigenvalue weighted by Gasteiger charge is 2.37. The van der Waals surface area contributed by atoms with E-state index in [4.69, 9.17) is 0 Å². The number of nitriles is 1. The Morgan fingerprint density at radius 2 is 1.79 bits per heavy atom. The van der Waals surface area contributed by atoms with Crippen LogP contribution in [0.1, 0.15) is 49.7 Å². The van der Waals surface area contributed by atoms with Gasteiger partial charge in [0.05, 0.1) is 11.5 Å². The Balaban J connectivity index is 1.34. The van der Waals surface area contributed by atoms with Crippen molar-refractivity contribution in [2.75, 3.05) is 33.2 Å². The molecule has 0 aromatic heterocycles. The zero-order chi connectivity index (χ0) is 27.4. The van der Waals surface area contributed by atoms with E-state index in [1.165, 1.54) is 23.1 Å². The van der Waals surface area contributed by atoms with Crippen molar-refractivity contribution >= 4 is 11.8 Å². The van der Waals surface area contributed by atoms with E-state index >= 15 is 0 Å². The lowest BCUT2D eigenvalue weighted by Crippen LogP contribution is -2.43. The summed E-state index contributed by atoms with van der Waals surface area (Å²) < 4.78 is 40.7. The van der Waals surface area contributed by atoms with Crippen molar-refractivity contribution in [3.05, 3.63) is 82.3 Å². The fraction of sp³-hybridized carbons (Fsp3) is 0.414. The Morgan fingerprint density at radius 3 is 2.42 bits per heavy atom. The standard InChI is InChI=1S/C29H31F3N4O2/c1-19-27(23(17-26(37)35(19)2)20-4-9-24(31)25(32)16-20)28(38)34-12-3-13-36-14-10-29(18-33,11-15-36)21-5-7-22(30)8-6-21/h4-9,16,23H,3,10-15,17H2,1-2H3,(H,34,38). The third kappa shape index (κ3) is 5.60. The van der Waals surface area contributed by atoms with Crippen LogP contribution in [0.25, 0.3) is 0 Å². The lowest BCUT2D eigenvalue weighted by molar-refractivity contribution is -0.129. The molecule has 1 unspecified atom stereocenters. The maximum Gasteiger partial charge on any atom is 0.249 e. The van der Waals surface area contributed by atoms with E-state index in [2.05, 4.69) is 16.3 Å². The van der Waals surface area contributed by atoms with Crippen molar-refractivity contribution in [1.29, 1.82) is 5.26 Å². The molecule has 2 aliphatic heterocycles. The minimum absolute atomic E-state index is 0.00978. The van der Waals surface area contributed by atoms with Crippen LogP contribution in [0, 0.1) is 28.8 Å².